The molecule has 1 aromatic carbocycles. The molecule has 3 aromatic rings. The fourth-order valence-electron chi connectivity index (χ4n) is 2.28. The lowest BCUT2D eigenvalue weighted by atomic mass is 10.1. The maximum atomic E-state index is 13.2. The summed E-state index contributed by atoms with van der Waals surface area (Å²) in [5, 5.41) is 12.7. The van der Waals surface area contributed by atoms with E-state index in [0.717, 1.165) is 44.4 Å². The maximum absolute atomic E-state index is 13.2. The summed E-state index contributed by atoms with van der Waals surface area (Å²) in [5.41, 5.74) is 2.00. The van der Waals surface area contributed by atoms with Crippen molar-refractivity contribution in [1.82, 2.24) is 9.97 Å². The van der Waals surface area contributed by atoms with Crippen LogP contribution in [0.4, 0.5) is 4.39 Å². The van der Waals surface area contributed by atoms with Crippen LogP contribution in [0.5, 0.6) is 0 Å². The summed E-state index contributed by atoms with van der Waals surface area (Å²) in [7, 11) is 0. The van der Waals surface area contributed by atoms with Crippen LogP contribution in [0.3, 0.4) is 0 Å². The van der Waals surface area contributed by atoms with Crippen molar-refractivity contribution in [2.45, 2.75) is 24.8 Å². The summed E-state index contributed by atoms with van der Waals surface area (Å²) in [6, 6.07) is 8.65. The Labute approximate surface area is 142 Å². The molecule has 0 bridgehead atoms. The highest BCUT2D eigenvalue weighted by atomic mass is 32.2. The van der Waals surface area contributed by atoms with Gasteiger partial charge in [0.1, 0.15) is 21.5 Å². The molecule has 2 aromatic heterocycles. The number of aryl methyl sites for hydroxylation is 1. The normalized spacial score (nSPS) is 10.8. The van der Waals surface area contributed by atoms with Gasteiger partial charge in [-0.15, -0.1) is 23.1 Å². The number of fused-ring (bicyclic) bond motifs is 1. The average molecular weight is 343 g/mol. The Bertz CT molecular complexity index is 866. The van der Waals surface area contributed by atoms with Crippen LogP contribution in [0.25, 0.3) is 21.3 Å². The molecule has 0 amide bonds. The number of thiophene rings is 1. The molecule has 6 heteroatoms. The van der Waals surface area contributed by atoms with E-state index >= 15 is 0 Å². The molecule has 0 saturated heterocycles. The van der Waals surface area contributed by atoms with Gasteiger partial charge in [-0.25, -0.2) is 14.4 Å². The van der Waals surface area contributed by atoms with Gasteiger partial charge in [0.15, 0.2) is 0 Å². The minimum absolute atomic E-state index is 0.244. The molecule has 0 atom stereocenters. The van der Waals surface area contributed by atoms with Crippen molar-refractivity contribution in [3.8, 4) is 17.2 Å². The molecule has 0 unspecified atom stereocenters. The van der Waals surface area contributed by atoms with E-state index < -0.39 is 0 Å². The van der Waals surface area contributed by atoms with Gasteiger partial charge in [0.05, 0.1) is 11.5 Å². The average Bonchev–Trinajstić information content (AvgIpc) is 2.96. The van der Waals surface area contributed by atoms with E-state index in [1.165, 1.54) is 12.1 Å². The number of thioether (sulfide) groups is 1. The Morgan fingerprint density at radius 1 is 1.26 bits per heavy atom. The summed E-state index contributed by atoms with van der Waals surface area (Å²) in [4.78, 5) is 10.0. The standard InChI is InChI=1S/C17H14FN3S2/c1-11-20-16(22-9-3-2-8-19)15-14(10-23-17(15)21-11)12-4-6-13(18)7-5-12/h4-7,10H,2-3,9H2,1H3. The number of benzene rings is 1. The quantitative estimate of drug-likeness (QED) is 0.363. The van der Waals surface area contributed by atoms with Gasteiger partial charge in [0.2, 0.25) is 0 Å². The second kappa shape index (κ2) is 7.07. The predicted octanol–water partition coefficient (Wildman–Crippen LogP) is 5.20. The smallest absolute Gasteiger partial charge is 0.128 e. The highest BCUT2D eigenvalue weighted by Gasteiger charge is 2.14. The molecule has 116 valence electrons. The topological polar surface area (TPSA) is 49.6 Å². The van der Waals surface area contributed by atoms with Crippen LogP contribution >= 0.6 is 23.1 Å². The van der Waals surface area contributed by atoms with Crippen molar-refractivity contribution in [2.75, 3.05) is 5.75 Å². The number of rotatable bonds is 5. The summed E-state index contributed by atoms with van der Waals surface area (Å²) in [6.07, 6.45) is 1.39. The Hall–Kier alpha value is -1.97. The monoisotopic (exact) mass is 343 g/mol. The maximum Gasteiger partial charge on any atom is 0.128 e. The third-order valence-corrected chi connectivity index (χ3v) is 5.27. The van der Waals surface area contributed by atoms with Crippen molar-refractivity contribution in [1.29, 1.82) is 5.26 Å². The number of hydrogen-bond acceptors (Lipinski definition) is 5. The SMILES string of the molecule is Cc1nc(SCCCC#N)c2c(-c3ccc(F)cc3)csc2n1. The summed E-state index contributed by atoms with van der Waals surface area (Å²) >= 11 is 3.23. The Morgan fingerprint density at radius 3 is 2.78 bits per heavy atom. The van der Waals surface area contributed by atoms with Crippen LogP contribution < -0.4 is 0 Å². The zero-order valence-corrected chi connectivity index (χ0v) is 14.2. The Kier molecular flexibility index (Phi) is 4.89. The van der Waals surface area contributed by atoms with Crippen LogP contribution in [-0.2, 0) is 0 Å². The van der Waals surface area contributed by atoms with Crippen LogP contribution in [0.15, 0.2) is 34.7 Å². The van der Waals surface area contributed by atoms with Gasteiger partial charge in [0.25, 0.3) is 0 Å². The van der Waals surface area contributed by atoms with E-state index in [0.29, 0.717) is 6.42 Å². The third kappa shape index (κ3) is 3.52. The number of halogens is 1. The van der Waals surface area contributed by atoms with E-state index in [4.69, 9.17) is 5.26 Å². The lowest BCUT2D eigenvalue weighted by Gasteiger charge is -2.06. The first kappa shape index (κ1) is 15.9. The molecule has 0 spiro atoms. The molecule has 2 heterocycles. The molecule has 3 nitrogen and oxygen atoms in total. The molecule has 0 aliphatic carbocycles. The van der Waals surface area contributed by atoms with Gasteiger partial charge in [-0.2, -0.15) is 5.26 Å². The lowest BCUT2D eigenvalue weighted by Crippen LogP contribution is -1.92. The molecule has 0 aliphatic heterocycles. The second-order valence-electron chi connectivity index (χ2n) is 5.02. The van der Waals surface area contributed by atoms with Crippen molar-refractivity contribution in [2.24, 2.45) is 0 Å². The largest absolute Gasteiger partial charge is 0.226 e. The zero-order valence-electron chi connectivity index (χ0n) is 12.5. The Balaban J connectivity index is 2.02. The van der Waals surface area contributed by atoms with Gasteiger partial charge in [-0.3, -0.25) is 0 Å². The summed E-state index contributed by atoms with van der Waals surface area (Å²) in [5.74, 6) is 1.34. The highest BCUT2D eigenvalue weighted by molar-refractivity contribution is 7.99. The van der Waals surface area contributed by atoms with Crippen LogP contribution in [0.1, 0.15) is 18.7 Å². The van der Waals surface area contributed by atoms with Crippen molar-refractivity contribution < 1.29 is 4.39 Å². The summed E-state index contributed by atoms with van der Waals surface area (Å²) in [6.45, 7) is 1.88. The summed E-state index contributed by atoms with van der Waals surface area (Å²) < 4.78 is 13.2. The molecule has 0 N–H and O–H groups in total. The van der Waals surface area contributed by atoms with E-state index in [-0.39, 0.29) is 5.82 Å². The van der Waals surface area contributed by atoms with Crippen LogP contribution in [0, 0.1) is 24.1 Å². The zero-order chi connectivity index (χ0) is 16.2. The fraction of sp³-hybridized carbons (Fsp3) is 0.235. The molecule has 0 aliphatic rings. The van der Waals surface area contributed by atoms with Gasteiger partial charge < -0.3 is 0 Å². The van der Waals surface area contributed by atoms with Crippen LogP contribution in [-0.4, -0.2) is 15.7 Å². The van der Waals surface area contributed by atoms with Crippen molar-refractivity contribution in [3.63, 3.8) is 0 Å². The number of nitriles is 1. The second-order valence-corrected chi connectivity index (χ2v) is 6.96. The van der Waals surface area contributed by atoms with E-state index in [2.05, 4.69) is 16.0 Å². The van der Waals surface area contributed by atoms with Gasteiger partial charge >= 0.3 is 0 Å². The first-order chi connectivity index (χ1) is 11.2. The van der Waals surface area contributed by atoms with E-state index in [9.17, 15) is 4.39 Å². The van der Waals surface area contributed by atoms with Gasteiger partial charge in [-0.1, -0.05) is 12.1 Å². The van der Waals surface area contributed by atoms with E-state index in [1.54, 1.807) is 35.2 Å². The molecule has 0 radical (unpaired) electrons. The minimum atomic E-state index is -0.244. The van der Waals surface area contributed by atoms with Gasteiger partial charge in [-0.05, 0) is 31.0 Å². The first-order valence-corrected chi connectivity index (χ1v) is 9.07. The number of unbranched alkanes of at least 4 members (excludes halogenated alkanes) is 1. The first-order valence-electron chi connectivity index (χ1n) is 7.20. The number of aromatic nitrogens is 2. The molecule has 0 fully saturated rings. The molecule has 23 heavy (non-hydrogen) atoms. The third-order valence-electron chi connectivity index (χ3n) is 3.34. The highest BCUT2D eigenvalue weighted by Crippen LogP contribution is 2.38. The number of nitrogens with zero attached hydrogens (tertiary/aromatic N) is 3. The Morgan fingerprint density at radius 2 is 2.04 bits per heavy atom. The van der Waals surface area contributed by atoms with E-state index in [1.807, 2.05) is 12.3 Å². The fourth-order valence-corrected chi connectivity index (χ4v) is 4.36. The van der Waals surface area contributed by atoms with Crippen molar-refractivity contribution >= 4 is 33.3 Å². The lowest BCUT2D eigenvalue weighted by molar-refractivity contribution is 0.628. The molecule has 0 saturated carbocycles. The molecular formula is C17H14FN3S2. The minimum Gasteiger partial charge on any atom is -0.226 e. The molecule has 3 rings (SSSR count). The van der Waals surface area contributed by atoms with Crippen molar-refractivity contribution in [3.05, 3.63) is 41.3 Å². The molecular weight excluding hydrogens is 329 g/mol. The number of hydrogen-bond donors (Lipinski definition) is 0. The van der Waals surface area contributed by atoms with Crippen LogP contribution in [0.2, 0.25) is 0 Å². The van der Waals surface area contributed by atoms with Gasteiger partial charge in [0, 0.05) is 23.1 Å². The predicted molar refractivity (Wildman–Crippen MR) is 93.1 cm³/mol.